The van der Waals surface area contributed by atoms with E-state index in [4.69, 9.17) is 23.1 Å². The van der Waals surface area contributed by atoms with Crippen molar-refractivity contribution in [3.8, 4) is 0 Å². The molecule has 0 fully saturated rings. The molecule has 0 saturated carbocycles. The molecule has 0 aliphatic heterocycles. The molecule has 0 atom stereocenters. The smallest absolute Gasteiger partial charge is 0.250 e. The van der Waals surface area contributed by atoms with Gasteiger partial charge < -0.3 is 16.8 Å². The quantitative estimate of drug-likeness (QED) is 0.744. The van der Waals surface area contributed by atoms with Crippen molar-refractivity contribution in [2.75, 3.05) is 5.73 Å². The molecule has 1 radical (unpaired) electrons. The predicted octanol–water partition coefficient (Wildman–Crippen LogP) is 1.48. The minimum Gasteiger partial charge on any atom is -0.384 e. The van der Waals surface area contributed by atoms with Crippen molar-refractivity contribution >= 4 is 29.2 Å². The van der Waals surface area contributed by atoms with E-state index >= 15 is 0 Å². The highest BCUT2D eigenvalue weighted by Gasteiger charge is 2.13. The van der Waals surface area contributed by atoms with Crippen molar-refractivity contribution in [3.05, 3.63) is 64.7 Å². The maximum absolute atomic E-state index is 11.9. The maximum Gasteiger partial charge on any atom is 0.250 e. The Morgan fingerprint density at radius 1 is 1.26 bits per heavy atom. The van der Waals surface area contributed by atoms with Crippen LogP contribution < -0.4 is 16.8 Å². The normalized spacial score (nSPS) is 10.3. The summed E-state index contributed by atoms with van der Waals surface area (Å²) >= 11 is 5.96. The number of benzene rings is 1. The van der Waals surface area contributed by atoms with Crippen LogP contribution in [0.4, 0.5) is 5.82 Å². The van der Waals surface area contributed by atoms with E-state index in [0.29, 0.717) is 17.9 Å². The van der Waals surface area contributed by atoms with Gasteiger partial charge >= 0.3 is 0 Å². The van der Waals surface area contributed by atoms with E-state index in [1.165, 1.54) is 6.42 Å². The number of nitrogens with one attached hydrogen (secondary N) is 1. The topological polar surface area (TPSA) is 111 Å². The average Bonchev–Trinajstić information content (AvgIpc) is 2.52. The summed E-state index contributed by atoms with van der Waals surface area (Å²) in [5.41, 5.74) is 12.5. The Kier molecular flexibility index (Phi) is 5.54. The first-order valence-corrected chi connectivity index (χ1v) is 7.24. The second kappa shape index (κ2) is 7.60. The first-order valence-electron chi connectivity index (χ1n) is 6.86. The zero-order chi connectivity index (χ0) is 16.8. The Labute approximate surface area is 138 Å². The molecule has 23 heavy (non-hydrogen) atoms. The van der Waals surface area contributed by atoms with Crippen molar-refractivity contribution < 1.29 is 9.59 Å². The number of primary amides is 1. The van der Waals surface area contributed by atoms with Gasteiger partial charge in [-0.15, -0.1) is 0 Å². The lowest BCUT2D eigenvalue weighted by Gasteiger charge is -2.09. The molecule has 1 aromatic carbocycles. The van der Waals surface area contributed by atoms with Gasteiger partial charge in [0.2, 0.25) is 11.8 Å². The van der Waals surface area contributed by atoms with Crippen LogP contribution in [0.25, 0.3) is 0 Å². The second-order valence-corrected chi connectivity index (χ2v) is 5.26. The van der Waals surface area contributed by atoms with Crippen LogP contribution in [-0.2, 0) is 17.8 Å². The van der Waals surface area contributed by atoms with Gasteiger partial charge in [0.1, 0.15) is 5.82 Å². The molecule has 2 aromatic rings. The number of pyridine rings is 1. The third kappa shape index (κ3) is 4.69. The van der Waals surface area contributed by atoms with Gasteiger partial charge in [-0.2, -0.15) is 0 Å². The number of carbonyl (C=O) groups is 2. The number of halogens is 1. The monoisotopic (exact) mass is 331 g/mol. The summed E-state index contributed by atoms with van der Waals surface area (Å²) in [4.78, 5) is 27.2. The van der Waals surface area contributed by atoms with Crippen molar-refractivity contribution in [2.24, 2.45) is 5.73 Å². The van der Waals surface area contributed by atoms with Crippen LogP contribution in [0.1, 0.15) is 21.5 Å². The van der Waals surface area contributed by atoms with Crippen LogP contribution in [0.3, 0.4) is 0 Å². The third-order valence-corrected chi connectivity index (χ3v) is 3.48. The van der Waals surface area contributed by atoms with Crippen molar-refractivity contribution in [1.82, 2.24) is 10.3 Å². The lowest BCUT2D eigenvalue weighted by Crippen LogP contribution is -2.24. The van der Waals surface area contributed by atoms with Crippen molar-refractivity contribution in [1.29, 1.82) is 0 Å². The Morgan fingerprint density at radius 3 is 2.70 bits per heavy atom. The van der Waals surface area contributed by atoms with E-state index in [2.05, 4.69) is 10.3 Å². The number of amides is 2. The number of hydrogen-bond donors (Lipinski definition) is 3. The van der Waals surface area contributed by atoms with Crippen LogP contribution >= 0.6 is 11.6 Å². The predicted molar refractivity (Wildman–Crippen MR) is 88.5 cm³/mol. The highest BCUT2D eigenvalue weighted by Crippen LogP contribution is 2.20. The molecular weight excluding hydrogens is 316 g/mol. The molecule has 119 valence electrons. The fraction of sp³-hybridized carbons (Fsp3) is 0.125. The van der Waals surface area contributed by atoms with E-state index in [9.17, 15) is 9.59 Å². The van der Waals surface area contributed by atoms with Gasteiger partial charge in [-0.1, -0.05) is 29.8 Å². The summed E-state index contributed by atoms with van der Waals surface area (Å²) in [7, 11) is 0. The molecule has 0 saturated heterocycles. The molecule has 0 unspecified atom stereocenters. The number of rotatable bonds is 6. The minimum absolute atomic E-state index is 0.237. The Bertz CT molecular complexity index is 717. The molecule has 1 aromatic heterocycles. The largest absolute Gasteiger partial charge is 0.384 e. The molecular formula is C16H16ClN4O2. The molecule has 0 aliphatic rings. The standard InChI is InChI=1S/C16H16ClN4O2/c17-12-3-1-2-11(15(12)16(19)23)5-7-14(22)21-9-10-4-6-13(18)20-8-10/h1-4,6-8H,5,9H2,(H2,18,20)(H2,19,23)(H,21,22). The Hall–Kier alpha value is -2.60. The van der Waals surface area contributed by atoms with Crippen LogP contribution in [0.5, 0.6) is 0 Å². The van der Waals surface area contributed by atoms with Gasteiger partial charge in [-0.3, -0.25) is 9.59 Å². The molecule has 0 aliphatic carbocycles. The fourth-order valence-electron chi connectivity index (χ4n) is 2.02. The van der Waals surface area contributed by atoms with Crippen LogP contribution in [0.2, 0.25) is 5.02 Å². The van der Waals surface area contributed by atoms with Gasteiger partial charge in [0.25, 0.3) is 0 Å². The van der Waals surface area contributed by atoms with E-state index in [-0.39, 0.29) is 22.9 Å². The lowest BCUT2D eigenvalue weighted by molar-refractivity contribution is -0.118. The SMILES string of the molecule is NC(=O)c1c(Cl)cccc1C[CH]C(=O)NCc1ccc(N)nc1. The number of aromatic nitrogens is 1. The Balaban J connectivity index is 1.91. The molecule has 0 spiro atoms. The van der Waals surface area contributed by atoms with Gasteiger partial charge in [0.15, 0.2) is 0 Å². The van der Waals surface area contributed by atoms with Crippen molar-refractivity contribution in [2.45, 2.75) is 13.0 Å². The zero-order valence-corrected chi connectivity index (χ0v) is 13.0. The van der Waals surface area contributed by atoms with Crippen molar-refractivity contribution in [3.63, 3.8) is 0 Å². The second-order valence-electron chi connectivity index (χ2n) is 4.86. The summed E-state index contributed by atoms with van der Waals surface area (Å²) in [6.07, 6.45) is 3.28. The van der Waals surface area contributed by atoms with Crippen LogP contribution in [0, 0.1) is 6.42 Å². The highest BCUT2D eigenvalue weighted by molar-refractivity contribution is 6.34. The fourth-order valence-corrected chi connectivity index (χ4v) is 2.31. The van der Waals surface area contributed by atoms with Crippen LogP contribution in [0.15, 0.2) is 36.5 Å². The Morgan fingerprint density at radius 2 is 2.04 bits per heavy atom. The van der Waals surface area contributed by atoms with Gasteiger partial charge in [0.05, 0.1) is 17.0 Å². The zero-order valence-electron chi connectivity index (χ0n) is 12.3. The highest BCUT2D eigenvalue weighted by atomic mass is 35.5. The summed E-state index contributed by atoms with van der Waals surface area (Å²) in [5, 5.41) is 3.00. The van der Waals surface area contributed by atoms with E-state index < -0.39 is 5.91 Å². The van der Waals surface area contributed by atoms with Gasteiger partial charge in [-0.05, 0) is 29.7 Å². The molecule has 0 bridgehead atoms. The van der Waals surface area contributed by atoms with E-state index in [1.54, 1.807) is 36.5 Å². The number of carbonyl (C=O) groups excluding carboxylic acids is 2. The van der Waals surface area contributed by atoms with E-state index in [1.807, 2.05) is 0 Å². The summed E-state index contributed by atoms with van der Waals surface area (Å²) < 4.78 is 0. The molecule has 2 rings (SSSR count). The summed E-state index contributed by atoms with van der Waals surface area (Å²) in [6.45, 7) is 0.334. The first-order chi connectivity index (χ1) is 11.0. The molecule has 1 heterocycles. The van der Waals surface area contributed by atoms with Gasteiger partial charge in [-0.25, -0.2) is 4.98 Å². The first kappa shape index (κ1) is 16.8. The molecule has 2 amide bonds. The minimum atomic E-state index is -0.618. The molecule has 6 nitrogen and oxygen atoms in total. The number of nitrogens with two attached hydrogens (primary N) is 2. The third-order valence-electron chi connectivity index (χ3n) is 3.17. The summed E-state index contributed by atoms with van der Waals surface area (Å²) in [6, 6.07) is 8.44. The molecule has 7 heteroatoms. The number of nitrogens with zero attached hydrogens (tertiary/aromatic N) is 1. The van der Waals surface area contributed by atoms with E-state index in [0.717, 1.165) is 5.56 Å². The number of anilines is 1. The number of hydrogen-bond acceptors (Lipinski definition) is 4. The summed E-state index contributed by atoms with van der Waals surface area (Å²) in [5.74, 6) is -0.462. The van der Waals surface area contributed by atoms with Gasteiger partial charge in [0, 0.05) is 12.7 Å². The van der Waals surface area contributed by atoms with Crippen LogP contribution in [-0.4, -0.2) is 16.8 Å². The maximum atomic E-state index is 11.9. The number of nitrogen functional groups attached to an aromatic ring is 1. The average molecular weight is 332 g/mol. The molecule has 5 N–H and O–H groups in total. The lowest BCUT2D eigenvalue weighted by atomic mass is 10.0.